The first-order valence-electron chi connectivity index (χ1n) is 12.8. The Hall–Kier alpha value is -2.51. The Bertz CT molecular complexity index is 1350. The number of thiophene rings is 1. The van der Waals surface area contributed by atoms with Gasteiger partial charge in [0.15, 0.2) is 17.7 Å². The van der Waals surface area contributed by atoms with Gasteiger partial charge >= 0.3 is 5.97 Å². The van der Waals surface area contributed by atoms with Crippen molar-refractivity contribution in [3.63, 3.8) is 0 Å². The van der Waals surface area contributed by atoms with Crippen LogP contribution in [0.2, 0.25) is 0 Å². The van der Waals surface area contributed by atoms with Gasteiger partial charge in [-0.2, -0.15) is 0 Å². The van der Waals surface area contributed by atoms with Crippen molar-refractivity contribution in [2.75, 3.05) is 13.7 Å². The highest BCUT2D eigenvalue weighted by Gasteiger charge is 2.36. The molecule has 0 saturated carbocycles. The van der Waals surface area contributed by atoms with Crippen LogP contribution in [0.1, 0.15) is 79.0 Å². The summed E-state index contributed by atoms with van der Waals surface area (Å²) in [4.78, 5) is 20.5. The largest absolute Gasteiger partial charge is 0.490 e. The Morgan fingerprint density at radius 2 is 1.86 bits per heavy atom. The Balaban J connectivity index is 1.90. The van der Waals surface area contributed by atoms with Crippen LogP contribution in [0, 0.1) is 19.7 Å². The molecule has 0 bridgehead atoms. The number of hydrogen-bond donors (Lipinski definition) is 0. The molecule has 0 spiro atoms. The number of esters is 1. The van der Waals surface area contributed by atoms with E-state index in [0.717, 1.165) is 71.0 Å². The van der Waals surface area contributed by atoms with Crippen molar-refractivity contribution in [1.29, 1.82) is 0 Å². The number of nitrogens with zero attached hydrogens (tertiary/aromatic N) is 1. The maximum absolute atomic E-state index is 15.5. The van der Waals surface area contributed by atoms with Crippen molar-refractivity contribution < 1.29 is 23.4 Å². The van der Waals surface area contributed by atoms with Gasteiger partial charge < -0.3 is 14.2 Å². The number of pyridine rings is 1. The second-order valence-electron chi connectivity index (χ2n) is 10.8. The number of benzene rings is 1. The van der Waals surface area contributed by atoms with E-state index in [0.29, 0.717) is 23.6 Å². The predicted octanol–water partition coefficient (Wildman–Crippen LogP) is 6.95. The Morgan fingerprint density at radius 3 is 2.58 bits per heavy atom. The van der Waals surface area contributed by atoms with Crippen LogP contribution in [-0.2, 0) is 33.5 Å². The van der Waals surface area contributed by atoms with Gasteiger partial charge in [-0.3, -0.25) is 0 Å². The van der Waals surface area contributed by atoms with E-state index in [2.05, 4.69) is 0 Å². The zero-order chi connectivity index (χ0) is 25.8. The highest BCUT2D eigenvalue weighted by atomic mass is 32.1. The third-order valence-corrected chi connectivity index (χ3v) is 8.37. The van der Waals surface area contributed by atoms with Gasteiger partial charge in [0.25, 0.3) is 0 Å². The molecule has 1 aliphatic carbocycles. The molecular formula is C29H34FNO4S. The van der Waals surface area contributed by atoms with Crippen LogP contribution in [0.5, 0.6) is 5.75 Å². The molecule has 2 aliphatic rings. The third kappa shape index (κ3) is 4.30. The van der Waals surface area contributed by atoms with E-state index >= 15 is 4.39 Å². The molecule has 1 aliphatic heterocycles. The van der Waals surface area contributed by atoms with Gasteiger partial charge in [0.1, 0.15) is 4.83 Å². The average molecular weight is 512 g/mol. The summed E-state index contributed by atoms with van der Waals surface area (Å²) in [6.07, 6.45) is 4.85. The number of rotatable bonds is 4. The lowest BCUT2D eigenvalue weighted by molar-refractivity contribution is -0.164. The fourth-order valence-corrected chi connectivity index (χ4v) is 6.94. The molecule has 1 atom stereocenters. The molecule has 3 aromatic rings. The second kappa shape index (κ2) is 9.42. The molecule has 36 heavy (non-hydrogen) atoms. The molecule has 7 heteroatoms. The van der Waals surface area contributed by atoms with Gasteiger partial charge in [-0.15, -0.1) is 11.3 Å². The molecule has 3 heterocycles. The highest BCUT2D eigenvalue weighted by Crippen LogP contribution is 2.48. The van der Waals surface area contributed by atoms with Gasteiger partial charge in [-0.25, -0.2) is 14.2 Å². The van der Waals surface area contributed by atoms with E-state index in [1.807, 2.05) is 34.6 Å². The van der Waals surface area contributed by atoms with Gasteiger partial charge in [0.2, 0.25) is 0 Å². The number of carbonyl (C=O) groups excluding carboxylic acids is 1. The fraction of sp³-hybridized carbons (Fsp3) is 0.517. The van der Waals surface area contributed by atoms with Crippen LogP contribution in [0.4, 0.5) is 4.39 Å². The maximum atomic E-state index is 15.5. The van der Waals surface area contributed by atoms with Crippen molar-refractivity contribution >= 4 is 27.5 Å². The van der Waals surface area contributed by atoms with Crippen molar-refractivity contribution in [3.05, 3.63) is 44.7 Å². The van der Waals surface area contributed by atoms with Crippen LogP contribution in [-0.4, -0.2) is 30.3 Å². The molecule has 0 N–H and O–H groups in total. The lowest BCUT2D eigenvalue weighted by Gasteiger charge is -2.30. The summed E-state index contributed by atoms with van der Waals surface area (Å²) >= 11 is 1.72. The second-order valence-corrected chi connectivity index (χ2v) is 11.9. The third-order valence-electron chi connectivity index (χ3n) is 7.19. The van der Waals surface area contributed by atoms with Crippen LogP contribution in [0.15, 0.2) is 6.07 Å². The van der Waals surface area contributed by atoms with E-state index in [4.69, 9.17) is 19.2 Å². The standard InChI is InChI=1S/C29H34FNO4S/c1-15-17-11-9-13-34-25(17)20(30)14-19(15)23-22(26(28(32)33-6)35-29(3,4)5)16(2)31-27-24(23)18-10-7-8-12-21(18)36-27/h14,26H,7-13H2,1-6H3. The van der Waals surface area contributed by atoms with Gasteiger partial charge in [0, 0.05) is 32.6 Å². The molecular weight excluding hydrogens is 477 g/mol. The number of carbonyl (C=O) groups is 1. The summed E-state index contributed by atoms with van der Waals surface area (Å²) in [5.74, 6) is -0.498. The zero-order valence-electron chi connectivity index (χ0n) is 22.0. The molecule has 0 radical (unpaired) electrons. The predicted molar refractivity (Wildman–Crippen MR) is 141 cm³/mol. The smallest absolute Gasteiger partial charge is 0.339 e. The minimum absolute atomic E-state index is 0.355. The summed E-state index contributed by atoms with van der Waals surface area (Å²) in [5.41, 5.74) is 5.53. The fourth-order valence-electron chi connectivity index (χ4n) is 5.62. The number of aryl methyl sites for hydroxylation is 3. The normalized spacial score (nSPS) is 16.3. The highest BCUT2D eigenvalue weighted by molar-refractivity contribution is 7.19. The first-order chi connectivity index (χ1) is 17.1. The average Bonchev–Trinajstić information content (AvgIpc) is 3.21. The van der Waals surface area contributed by atoms with E-state index in [1.54, 1.807) is 17.4 Å². The lowest BCUT2D eigenvalue weighted by Crippen LogP contribution is -2.29. The maximum Gasteiger partial charge on any atom is 0.339 e. The van der Waals surface area contributed by atoms with E-state index in [1.165, 1.54) is 17.6 Å². The molecule has 5 rings (SSSR count). The zero-order valence-corrected chi connectivity index (χ0v) is 22.8. The summed E-state index contributed by atoms with van der Waals surface area (Å²) < 4.78 is 32.8. The Kier molecular flexibility index (Phi) is 6.58. The molecule has 0 saturated heterocycles. The molecule has 1 unspecified atom stereocenters. The molecule has 1 aromatic carbocycles. The summed E-state index contributed by atoms with van der Waals surface area (Å²) in [6.45, 7) is 10.2. The van der Waals surface area contributed by atoms with Crippen molar-refractivity contribution in [1.82, 2.24) is 4.98 Å². The monoisotopic (exact) mass is 511 g/mol. The quantitative estimate of drug-likeness (QED) is 0.355. The van der Waals surface area contributed by atoms with E-state index in [9.17, 15) is 4.79 Å². The Labute approximate surface area is 216 Å². The summed E-state index contributed by atoms with van der Waals surface area (Å²) in [6, 6.07) is 1.58. The molecule has 5 nitrogen and oxygen atoms in total. The van der Waals surface area contributed by atoms with Crippen LogP contribution in [0.25, 0.3) is 21.3 Å². The van der Waals surface area contributed by atoms with Crippen molar-refractivity contribution in [2.24, 2.45) is 0 Å². The molecule has 192 valence electrons. The van der Waals surface area contributed by atoms with Gasteiger partial charge in [0.05, 0.1) is 19.3 Å². The summed E-state index contributed by atoms with van der Waals surface area (Å²) in [7, 11) is 1.37. The molecule has 0 amide bonds. The van der Waals surface area contributed by atoms with Crippen LogP contribution >= 0.6 is 11.3 Å². The minimum atomic E-state index is -0.990. The minimum Gasteiger partial charge on any atom is -0.490 e. The SMILES string of the molecule is COC(=O)C(OC(C)(C)C)c1c(C)nc2sc3c(c2c1-c1cc(F)c2c(c1C)CCCO2)CCCC3. The number of fused-ring (bicyclic) bond motifs is 4. The number of hydrogen-bond acceptors (Lipinski definition) is 6. The van der Waals surface area contributed by atoms with Crippen molar-refractivity contribution in [3.8, 4) is 16.9 Å². The first-order valence-corrected chi connectivity index (χ1v) is 13.6. The van der Waals surface area contributed by atoms with Gasteiger partial charge in [-0.05, 0) is 95.9 Å². The molecule has 0 fully saturated rings. The molecule has 2 aromatic heterocycles. The van der Waals surface area contributed by atoms with Crippen molar-refractivity contribution in [2.45, 2.75) is 84.8 Å². The van der Waals surface area contributed by atoms with E-state index < -0.39 is 17.7 Å². The lowest BCUT2D eigenvalue weighted by atomic mass is 9.84. The first kappa shape index (κ1) is 25.2. The van der Waals surface area contributed by atoms with Gasteiger partial charge in [-0.1, -0.05) is 0 Å². The number of aromatic nitrogens is 1. The van der Waals surface area contributed by atoms with Crippen LogP contribution < -0.4 is 4.74 Å². The van der Waals surface area contributed by atoms with Crippen LogP contribution in [0.3, 0.4) is 0 Å². The topological polar surface area (TPSA) is 57.7 Å². The summed E-state index contributed by atoms with van der Waals surface area (Å²) in [5, 5.41) is 1.03. The Morgan fingerprint density at radius 1 is 1.14 bits per heavy atom. The number of ether oxygens (including phenoxy) is 3. The number of methoxy groups -OCH3 is 1. The van der Waals surface area contributed by atoms with E-state index in [-0.39, 0.29) is 5.82 Å². The number of halogens is 1.